The van der Waals surface area contributed by atoms with Crippen LogP contribution >= 0.6 is 33.8 Å². The van der Waals surface area contributed by atoms with Gasteiger partial charge in [0.2, 0.25) is 0 Å². The van der Waals surface area contributed by atoms with Gasteiger partial charge in [-0.25, -0.2) is 0 Å². The van der Waals surface area contributed by atoms with Crippen LogP contribution in [0.3, 0.4) is 0 Å². The molecule has 56 valence electrons. The van der Waals surface area contributed by atoms with Gasteiger partial charge in [-0.1, -0.05) is 13.3 Å². The number of hydrogen-bond donors (Lipinski definition) is 0. The van der Waals surface area contributed by atoms with E-state index in [9.17, 15) is 0 Å². The second-order valence-corrected chi connectivity index (χ2v) is 11.0. The van der Waals surface area contributed by atoms with E-state index in [2.05, 4.69) is 6.92 Å². The normalized spacial score (nSPS) is 15.7. The van der Waals surface area contributed by atoms with Crippen LogP contribution in [0.2, 0.25) is 6.55 Å². The van der Waals surface area contributed by atoms with E-state index < -0.39 is 6.69 Å². The van der Waals surface area contributed by atoms with Gasteiger partial charge >= 0.3 is 0 Å². The fourth-order valence-electron chi connectivity index (χ4n) is 0.507. The van der Waals surface area contributed by atoms with Crippen molar-refractivity contribution in [2.45, 2.75) is 31.3 Å². The summed E-state index contributed by atoms with van der Waals surface area (Å²) in [6.07, 6.45) is 1.98. The van der Waals surface area contributed by atoms with Crippen molar-refractivity contribution in [1.29, 1.82) is 0 Å². The van der Waals surface area contributed by atoms with E-state index in [-0.39, 0.29) is 5.00 Å². The Morgan fingerprint density at radius 2 is 1.89 bits per heavy atom. The van der Waals surface area contributed by atoms with Crippen molar-refractivity contribution in [3.8, 4) is 0 Å². The second-order valence-electron chi connectivity index (χ2n) is 2.21. The number of rotatable bonds is 3. The van der Waals surface area contributed by atoms with E-state index in [4.69, 9.17) is 33.8 Å². The molecule has 0 aromatic heterocycles. The molecule has 0 nitrogen and oxygen atoms in total. The van der Waals surface area contributed by atoms with Crippen molar-refractivity contribution >= 4 is 40.5 Å². The molecule has 0 saturated heterocycles. The van der Waals surface area contributed by atoms with Gasteiger partial charge < -0.3 is 0 Å². The maximum Gasteiger partial charge on any atom is 0.265 e. The van der Waals surface area contributed by atoms with E-state index in [1.54, 1.807) is 0 Å². The molecule has 0 amide bonds. The van der Waals surface area contributed by atoms with Crippen LogP contribution in [0.4, 0.5) is 0 Å². The summed E-state index contributed by atoms with van der Waals surface area (Å²) in [5.41, 5.74) is 0. The van der Waals surface area contributed by atoms with Crippen LogP contribution < -0.4 is 0 Å². The van der Waals surface area contributed by atoms with E-state index in [0.717, 1.165) is 12.8 Å². The fourth-order valence-corrected chi connectivity index (χ4v) is 2.18. The Kier molecular flexibility index (Phi) is 4.56. The first kappa shape index (κ1) is 10.1. The van der Waals surface area contributed by atoms with Crippen LogP contribution in [-0.4, -0.2) is 11.7 Å². The maximum atomic E-state index is 5.85. The summed E-state index contributed by atoms with van der Waals surface area (Å²) in [7, 11) is 0. The molecule has 0 aromatic carbocycles. The molecule has 0 aromatic rings. The van der Waals surface area contributed by atoms with Gasteiger partial charge in [0.05, 0.1) is 5.00 Å². The molecule has 9 heavy (non-hydrogen) atoms. The molecular formula is C5H11Cl3Si. The summed E-state index contributed by atoms with van der Waals surface area (Å²) < 4.78 is 0. The van der Waals surface area contributed by atoms with Crippen molar-refractivity contribution in [2.24, 2.45) is 0 Å². The number of alkyl halides is 1. The summed E-state index contributed by atoms with van der Waals surface area (Å²) >= 11 is 17.5. The zero-order chi connectivity index (χ0) is 7.49. The van der Waals surface area contributed by atoms with E-state index in [1.807, 2.05) is 6.55 Å². The van der Waals surface area contributed by atoms with Gasteiger partial charge in [0, 0.05) is 0 Å². The number of hydrogen-bond acceptors (Lipinski definition) is 0. The van der Waals surface area contributed by atoms with Crippen LogP contribution in [0.5, 0.6) is 0 Å². The van der Waals surface area contributed by atoms with Crippen molar-refractivity contribution in [3.05, 3.63) is 0 Å². The third kappa shape index (κ3) is 4.49. The van der Waals surface area contributed by atoms with Crippen molar-refractivity contribution < 1.29 is 0 Å². The Bertz CT molecular complexity index is 78.8. The highest BCUT2D eigenvalue weighted by atomic mass is 35.7. The average molecular weight is 206 g/mol. The second kappa shape index (κ2) is 4.07. The first-order chi connectivity index (χ1) is 3.98. The minimum atomic E-state index is -2.07. The molecule has 0 aliphatic carbocycles. The maximum absolute atomic E-state index is 5.85. The molecule has 0 N–H and O–H groups in total. The van der Waals surface area contributed by atoms with E-state index in [1.165, 1.54) is 0 Å². The zero-order valence-corrected chi connectivity index (χ0v) is 8.89. The van der Waals surface area contributed by atoms with Crippen molar-refractivity contribution in [1.82, 2.24) is 0 Å². The molecule has 0 heterocycles. The summed E-state index contributed by atoms with van der Waals surface area (Å²) in [5, 5.41) is 0.00540. The van der Waals surface area contributed by atoms with Crippen molar-refractivity contribution in [2.75, 3.05) is 0 Å². The molecule has 0 saturated carbocycles. The molecule has 4 heteroatoms. The average Bonchev–Trinajstić information content (AvgIpc) is 1.64. The molecule has 1 unspecified atom stereocenters. The van der Waals surface area contributed by atoms with E-state index in [0.29, 0.717) is 0 Å². The topological polar surface area (TPSA) is 0 Å². The Morgan fingerprint density at radius 3 is 2.00 bits per heavy atom. The molecule has 0 aliphatic rings. The highest BCUT2D eigenvalue weighted by molar-refractivity contribution is 7.46. The Hall–Kier alpha value is 1.09. The van der Waals surface area contributed by atoms with Gasteiger partial charge in [0.15, 0.2) is 0 Å². The minimum Gasteiger partial charge on any atom is -0.145 e. The lowest BCUT2D eigenvalue weighted by atomic mass is 10.4. The molecule has 0 rings (SSSR count). The van der Waals surface area contributed by atoms with Gasteiger partial charge in [0.25, 0.3) is 6.69 Å². The molecule has 0 radical (unpaired) electrons. The van der Waals surface area contributed by atoms with Gasteiger partial charge in [-0.3, -0.25) is 0 Å². The van der Waals surface area contributed by atoms with Crippen LogP contribution in [0.1, 0.15) is 19.8 Å². The zero-order valence-electron chi connectivity index (χ0n) is 5.63. The Balaban J connectivity index is 3.59. The third-order valence-corrected chi connectivity index (χ3v) is 6.26. The van der Waals surface area contributed by atoms with Crippen LogP contribution in [0, 0.1) is 0 Å². The summed E-state index contributed by atoms with van der Waals surface area (Å²) in [4.78, 5) is 0. The molecule has 0 spiro atoms. The smallest absolute Gasteiger partial charge is 0.145 e. The summed E-state index contributed by atoms with van der Waals surface area (Å²) in [5.74, 6) is 0. The predicted molar refractivity (Wildman–Crippen MR) is 47.9 cm³/mol. The van der Waals surface area contributed by atoms with Crippen LogP contribution in [0.15, 0.2) is 0 Å². The summed E-state index contributed by atoms with van der Waals surface area (Å²) in [6.45, 7) is 1.85. The minimum absolute atomic E-state index is 0.00540. The van der Waals surface area contributed by atoms with Crippen LogP contribution in [-0.2, 0) is 0 Å². The standard InChI is InChI=1S/C5H11Cl3Si/c1-3-4-5(6)9(2,7)8/h5H,3-4H2,1-2H3. The van der Waals surface area contributed by atoms with Gasteiger partial charge in [-0.2, -0.15) is 0 Å². The summed E-state index contributed by atoms with van der Waals surface area (Å²) in [6, 6.07) is 0. The van der Waals surface area contributed by atoms with Crippen LogP contribution in [0.25, 0.3) is 0 Å². The van der Waals surface area contributed by atoms with Gasteiger partial charge in [-0.15, -0.1) is 33.8 Å². The van der Waals surface area contributed by atoms with Crippen molar-refractivity contribution in [3.63, 3.8) is 0 Å². The lowest BCUT2D eigenvalue weighted by Crippen LogP contribution is -2.28. The quantitative estimate of drug-likeness (QED) is 0.376. The molecule has 0 fully saturated rings. The monoisotopic (exact) mass is 204 g/mol. The largest absolute Gasteiger partial charge is 0.265 e. The Labute approximate surface area is 71.9 Å². The highest BCUT2D eigenvalue weighted by Crippen LogP contribution is 2.26. The fraction of sp³-hybridized carbons (Fsp3) is 1.00. The highest BCUT2D eigenvalue weighted by Gasteiger charge is 2.30. The SMILES string of the molecule is CCCC(Cl)[Si](C)(Cl)Cl. The van der Waals surface area contributed by atoms with Gasteiger partial charge in [0.1, 0.15) is 0 Å². The first-order valence-electron chi connectivity index (χ1n) is 3.00. The lowest BCUT2D eigenvalue weighted by Gasteiger charge is -2.15. The molecule has 0 aliphatic heterocycles. The predicted octanol–water partition coefficient (Wildman–Crippen LogP) is 3.48. The third-order valence-electron chi connectivity index (χ3n) is 1.09. The molecular weight excluding hydrogens is 194 g/mol. The first-order valence-corrected chi connectivity index (χ1v) is 8.04. The lowest BCUT2D eigenvalue weighted by molar-refractivity contribution is 0.850. The molecule has 0 bridgehead atoms. The number of halogens is 3. The Morgan fingerprint density at radius 1 is 1.44 bits per heavy atom. The van der Waals surface area contributed by atoms with E-state index >= 15 is 0 Å². The molecule has 1 atom stereocenters. The van der Waals surface area contributed by atoms with Gasteiger partial charge in [-0.05, 0) is 13.0 Å².